The molecular formula is C10H16N4. The number of fused-ring (bicyclic) bond motifs is 1. The fourth-order valence-electron chi connectivity index (χ4n) is 1.92. The lowest BCUT2D eigenvalue weighted by Crippen LogP contribution is -2.29. The zero-order valence-corrected chi connectivity index (χ0v) is 8.75. The molecule has 0 atom stereocenters. The second-order valence-electron chi connectivity index (χ2n) is 3.83. The van der Waals surface area contributed by atoms with E-state index in [4.69, 9.17) is 5.73 Å². The SMILES string of the molecule is Cc1nc(CN)c2c(n1)CCN(C)C2. The Kier molecular flexibility index (Phi) is 2.48. The van der Waals surface area contributed by atoms with Crippen LogP contribution in [0, 0.1) is 6.92 Å². The molecule has 2 rings (SSSR count). The van der Waals surface area contributed by atoms with Crippen molar-refractivity contribution in [2.75, 3.05) is 13.6 Å². The number of hydrogen-bond acceptors (Lipinski definition) is 4. The zero-order chi connectivity index (χ0) is 10.1. The van der Waals surface area contributed by atoms with Gasteiger partial charge in [-0.1, -0.05) is 0 Å². The summed E-state index contributed by atoms with van der Waals surface area (Å²) in [5.41, 5.74) is 9.13. The summed E-state index contributed by atoms with van der Waals surface area (Å²) in [4.78, 5) is 11.1. The Hall–Kier alpha value is -1.00. The Balaban J connectivity index is 2.47. The van der Waals surface area contributed by atoms with Crippen molar-refractivity contribution in [1.82, 2.24) is 14.9 Å². The van der Waals surface area contributed by atoms with Gasteiger partial charge in [0.2, 0.25) is 0 Å². The van der Waals surface area contributed by atoms with Crippen molar-refractivity contribution in [3.8, 4) is 0 Å². The van der Waals surface area contributed by atoms with Crippen LogP contribution in [0.5, 0.6) is 0 Å². The molecule has 0 spiro atoms. The van der Waals surface area contributed by atoms with Gasteiger partial charge in [0.1, 0.15) is 5.82 Å². The van der Waals surface area contributed by atoms with Crippen molar-refractivity contribution in [2.45, 2.75) is 26.4 Å². The predicted octanol–water partition coefficient (Wildman–Crippen LogP) is 0.232. The molecule has 0 aromatic carbocycles. The van der Waals surface area contributed by atoms with Crippen molar-refractivity contribution in [3.05, 3.63) is 22.8 Å². The third-order valence-corrected chi connectivity index (χ3v) is 2.64. The first kappa shape index (κ1) is 9.55. The van der Waals surface area contributed by atoms with Crippen LogP contribution in [0.3, 0.4) is 0 Å². The lowest BCUT2D eigenvalue weighted by Gasteiger charge is -2.25. The average molecular weight is 192 g/mol. The van der Waals surface area contributed by atoms with E-state index in [0.717, 1.165) is 31.0 Å². The number of likely N-dealkylation sites (N-methyl/N-ethyl adjacent to an activating group) is 1. The van der Waals surface area contributed by atoms with Crippen molar-refractivity contribution in [3.63, 3.8) is 0 Å². The summed E-state index contributed by atoms with van der Waals surface area (Å²) in [6.07, 6.45) is 1.02. The van der Waals surface area contributed by atoms with Gasteiger partial charge in [-0.15, -0.1) is 0 Å². The Morgan fingerprint density at radius 1 is 1.43 bits per heavy atom. The molecule has 0 aliphatic carbocycles. The van der Waals surface area contributed by atoms with E-state index < -0.39 is 0 Å². The molecule has 1 aliphatic heterocycles. The van der Waals surface area contributed by atoms with Crippen molar-refractivity contribution < 1.29 is 0 Å². The van der Waals surface area contributed by atoms with Crippen LogP contribution < -0.4 is 5.73 Å². The third kappa shape index (κ3) is 1.63. The van der Waals surface area contributed by atoms with Crippen LogP contribution in [-0.4, -0.2) is 28.5 Å². The summed E-state index contributed by atoms with van der Waals surface area (Å²) in [7, 11) is 2.11. The molecular weight excluding hydrogens is 176 g/mol. The fourth-order valence-corrected chi connectivity index (χ4v) is 1.92. The van der Waals surface area contributed by atoms with Gasteiger partial charge in [-0.3, -0.25) is 0 Å². The standard InChI is InChI=1S/C10H16N4/c1-7-12-9-3-4-14(2)6-8(9)10(5-11)13-7/h3-6,11H2,1-2H3. The van der Waals surface area contributed by atoms with Crippen LogP contribution in [0.15, 0.2) is 0 Å². The highest BCUT2D eigenvalue weighted by Gasteiger charge is 2.18. The highest BCUT2D eigenvalue weighted by atomic mass is 15.1. The summed E-state index contributed by atoms with van der Waals surface area (Å²) >= 11 is 0. The van der Waals surface area contributed by atoms with Gasteiger partial charge in [0.25, 0.3) is 0 Å². The Labute approximate surface area is 84.2 Å². The summed E-state index contributed by atoms with van der Waals surface area (Å²) < 4.78 is 0. The quantitative estimate of drug-likeness (QED) is 0.692. The molecule has 4 heteroatoms. The number of aryl methyl sites for hydroxylation is 1. The van der Waals surface area contributed by atoms with E-state index >= 15 is 0 Å². The van der Waals surface area contributed by atoms with E-state index in [1.54, 1.807) is 0 Å². The van der Waals surface area contributed by atoms with Gasteiger partial charge in [0.05, 0.1) is 11.4 Å². The highest BCUT2D eigenvalue weighted by molar-refractivity contribution is 5.28. The van der Waals surface area contributed by atoms with Gasteiger partial charge in [-0.2, -0.15) is 0 Å². The first-order valence-corrected chi connectivity index (χ1v) is 4.94. The topological polar surface area (TPSA) is 55.0 Å². The molecule has 14 heavy (non-hydrogen) atoms. The van der Waals surface area contributed by atoms with Gasteiger partial charge < -0.3 is 10.6 Å². The Morgan fingerprint density at radius 2 is 2.21 bits per heavy atom. The van der Waals surface area contributed by atoms with E-state index in [0.29, 0.717) is 6.54 Å². The van der Waals surface area contributed by atoms with E-state index in [-0.39, 0.29) is 0 Å². The smallest absolute Gasteiger partial charge is 0.125 e. The molecule has 0 saturated heterocycles. The van der Waals surface area contributed by atoms with Gasteiger partial charge in [0, 0.05) is 31.6 Å². The van der Waals surface area contributed by atoms with Crippen molar-refractivity contribution in [2.24, 2.45) is 5.73 Å². The third-order valence-electron chi connectivity index (χ3n) is 2.64. The minimum absolute atomic E-state index is 0.513. The number of nitrogens with zero attached hydrogens (tertiary/aromatic N) is 3. The second kappa shape index (κ2) is 3.63. The Morgan fingerprint density at radius 3 is 2.93 bits per heavy atom. The molecule has 0 saturated carbocycles. The zero-order valence-electron chi connectivity index (χ0n) is 8.75. The summed E-state index contributed by atoms with van der Waals surface area (Å²) in [6, 6.07) is 0. The van der Waals surface area contributed by atoms with Gasteiger partial charge in [-0.25, -0.2) is 9.97 Å². The molecule has 4 nitrogen and oxygen atoms in total. The number of hydrogen-bond donors (Lipinski definition) is 1. The highest BCUT2D eigenvalue weighted by Crippen LogP contribution is 2.18. The number of aromatic nitrogens is 2. The lowest BCUT2D eigenvalue weighted by molar-refractivity contribution is 0.307. The maximum absolute atomic E-state index is 5.68. The number of nitrogens with two attached hydrogens (primary N) is 1. The van der Waals surface area contributed by atoms with Crippen LogP contribution in [-0.2, 0) is 19.5 Å². The van der Waals surface area contributed by atoms with Crippen LogP contribution in [0.25, 0.3) is 0 Å². The van der Waals surface area contributed by atoms with Gasteiger partial charge in [-0.05, 0) is 14.0 Å². The van der Waals surface area contributed by atoms with E-state index in [1.807, 2.05) is 6.92 Å². The van der Waals surface area contributed by atoms with Crippen molar-refractivity contribution in [1.29, 1.82) is 0 Å². The molecule has 0 bridgehead atoms. The molecule has 1 aromatic heterocycles. The number of rotatable bonds is 1. The average Bonchev–Trinajstić information content (AvgIpc) is 2.17. The largest absolute Gasteiger partial charge is 0.325 e. The van der Waals surface area contributed by atoms with Crippen molar-refractivity contribution >= 4 is 0 Å². The molecule has 1 aromatic rings. The predicted molar refractivity (Wildman–Crippen MR) is 54.7 cm³/mol. The monoisotopic (exact) mass is 192 g/mol. The van der Waals surface area contributed by atoms with Gasteiger partial charge >= 0.3 is 0 Å². The van der Waals surface area contributed by atoms with Gasteiger partial charge in [0.15, 0.2) is 0 Å². The van der Waals surface area contributed by atoms with E-state index in [1.165, 1.54) is 11.3 Å². The molecule has 0 radical (unpaired) electrons. The fraction of sp³-hybridized carbons (Fsp3) is 0.600. The van der Waals surface area contributed by atoms with E-state index in [2.05, 4.69) is 21.9 Å². The van der Waals surface area contributed by atoms with Crippen LogP contribution >= 0.6 is 0 Å². The summed E-state index contributed by atoms with van der Waals surface area (Å²) in [5.74, 6) is 0.841. The normalized spacial score (nSPS) is 16.8. The summed E-state index contributed by atoms with van der Waals surface area (Å²) in [5, 5.41) is 0. The van der Waals surface area contributed by atoms with E-state index in [9.17, 15) is 0 Å². The van der Waals surface area contributed by atoms with Crippen LogP contribution in [0.1, 0.15) is 22.8 Å². The Bertz CT molecular complexity index is 331. The summed E-state index contributed by atoms with van der Waals surface area (Å²) in [6.45, 7) is 4.45. The van der Waals surface area contributed by atoms with Crippen LogP contribution in [0.4, 0.5) is 0 Å². The molecule has 76 valence electrons. The minimum atomic E-state index is 0.513. The molecule has 2 heterocycles. The lowest BCUT2D eigenvalue weighted by atomic mass is 10.0. The molecule has 0 unspecified atom stereocenters. The maximum Gasteiger partial charge on any atom is 0.125 e. The van der Waals surface area contributed by atoms with Crippen LogP contribution in [0.2, 0.25) is 0 Å². The molecule has 1 aliphatic rings. The molecule has 0 amide bonds. The first-order valence-electron chi connectivity index (χ1n) is 4.94. The molecule has 2 N–H and O–H groups in total. The minimum Gasteiger partial charge on any atom is -0.325 e. The second-order valence-corrected chi connectivity index (χ2v) is 3.83. The maximum atomic E-state index is 5.68. The molecule has 0 fully saturated rings. The first-order chi connectivity index (χ1) is 6.70.